The van der Waals surface area contributed by atoms with Gasteiger partial charge in [-0.2, -0.15) is 5.26 Å². The molecule has 0 amide bonds. The summed E-state index contributed by atoms with van der Waals surface area (Å²) in [4.78, 5) is 18.5. The Morgan fingerprint density at radius 1 is 1.03 bits per heavy atom. The van der Waals surface area contributed by atoms with Crippen LogP contribution in [0.15, 0.2) is 77.6 Å². The molecule has 4 rings (SSSR count). The van der Waals surface area contributed by atoms with E-state index in [1.165, 1.54) is 0 Å². The zero-order valence-electron chi connectivity index (χ0n) is 19.5. The Morgan fingerprint density at radius 2 is 1.76 bits per heavy atom. The summed E-state index contributed by atoms with van der Waals surface area (Å²) >= 11 is 0. The van der Waals surface area contributed by atoms with Crippen LogP contribution in [0.4, 0.5) is 0 Å². The monoisotopic (exact) mass is 449 g/mol. The maximum Gasteiger partial charge on any atom is 0.261 e. The molecule has 0 bridgehead atoms. The van der Waals surface area contributed by atoms with Gasteiger partial charge in [0.1, 0.15) is 11.6 Å². The molecule has 0 spiro atoms. The van der Waals surface area contributed by atoms with Crippen LogP contribution in [0.25, 0.3) is 16.8 Å². The molecule has 0 atom stereocenters. The van der Waals surface area contributed by atoms with Crippen LogP contribution in [-0.2, 0) is 12.8 Å². The van der Waals surface area contributed by atoms with Crippen LogP contribution in [0.2, 0.25) is 0 Å². The van der Waals surface area contributed by atoms with Gasteiger partial charge in [0.2, 0.25) is 0 Å². The number of hydrogen-bond acceptors (Lipinski definition) is 4. The fourth-order valence-electron chi connectivity index (χ4n) is 4.22. The van der Waals surface area contributed by atoms with Crippen LogP contribution in [0, 0.1) is 18.3 Å². The molecule has 0 aliphatic carbocycles. The third kappa shape index (κ3) is 4.77. The van der Waals surface area contributed by atoms with Gasteiger partial charge in [0.15, 0.2) is 0 Å². The minimum Gasteiger partial charge on any atom is -0.508 e. The molecule has 1 aromatic heterocycles. The van der Waals surface area contributed by atoms with Gasteiger partial charge in [-0.3, -0.25) is 9.36 Å². The number of nitriles is 1. The molecular weight excluding hydrogens is 422 g/mol. The van der Waals surface area contributed by atoms with Crippen LogP contribution >= 0.6 is 0 Å². The first kappa shape index (κ1) is 23.0. The number of benzene rings is 3. The molecule has 0 aliphatic heterocycles. The van der Waals surface area contributed by atoms with E-state index < -0.39 is 0 Å². The van der Waals surface area contributed by atoms with Gasteiger partial charge in [0.05, 0.1) is 23.0 Å². The number of aryl methyl sites for hydroxylation is 2. The highest BCUT2D eigenvalue weighted by atomic mass is 16.3. The van der Waals surface area contributed by atoms with Crippen molar-refractivity contribution in [2.24, 2.45) is 0 Å². The molecule has 4 aromatic rings. The van der Waals surface area contributed by atoms with Crippen LogP contribution < -0.4 is 5.56 Å². The van der Waals surface area contributed by atoms with Gasteiger partial charge in [-0.25, -0.2) is 4.98 Å². The zero-order chi connectivity index (χ0) is 24.1. The normalized spacial score (nSPS) is 10.7. The molecule has 0 unspecified atom stereocenters. The maximum atomic E-state index is 13.7. The van der Waals surface area contributed by atoms with Crippen molar-refractivity contribution < 1.29 is 5.11 Å². The van der Waals surface area contributed by atoms with Crippen LogP contribution in [0.1, 0.15) is 48.0 Å². The predicted molar refractivity (Wildman–Crippen MR) is 134 cm³/mol. The maximum absolute atomic E-state index is 13.7. The quantitative estimate of drug-likeness (QED) is 0.391. The second-order valence-electron chi connectivity index (χ2n) is 8.38. The lowest BCUT2D eigenvalue weighted by atomic mass is 9.95. The van der Waals surface area contributed by atoms with Gasteiger partial charge in [0, 0.05) is 12.0 Å². The molecular formula is C29H27N3O2. The highest BCUT2D eigenvalue weighted by Crippen LogP contribution is 2.25. The summed E-state index contributed by atoms with van der Waals surface area (Å²) in [6.07, 6.45) is 3.07. The number of aromatic hydroxyl groups is 1. The number of nitrogens with zero attached hydrogens (tertiary/aromatic N) is 3. The number of hydrogen-bond donors (Lipinski definition) is 1. The lowest BCUT2D eigenvalue weighted by Gasteiger charge is -2.16. The van der Waals surface area contributed by atoms with Gasteiger partial charge in [-0.05, 0) is 66.8 Å². The van der Waals surface area contributed by atoms with Crippen molar-refractivity contribution in [3.05, 3.63) is 111 Å². The van der Waals surface area contributed by atoms with Crippen LogP contribution in [0.5, 0.6) is 5.75 Å². The Kier molecular flexibility index (Phi) is 6.89. The molecule has 5 heteroatoms. The van der Waals surface area contributed by atoms with Gasteiger partial charge < -0.3 is 5.11 Å². The number of unbranched alkanes of at least 4 members (excludes halogenated alkanes) is 1. The van der Waals surface area contributed by atoms with Gasteiger partial charge in [-0.1, -0.05) is 55.8 Å². The summed E-state index contributed by atoms with van der Waals surface area (Å²) < 4.78 is 1.59. The predicted octanol–water partition coefficient (Wildman–Crippen LogP) is 5.72. The van der Waals surface area contributed by atoms with E-state index in [9.17, 15) is 15.2 Å². The van der Waals surface area contributed by atoms with E-state index in [-0.39, 0.29) is 11.3 Å². The lowest BCUT2D eigenvalue weighted by molar-refractivity contribution is 0.475. The van der Waals surface area contributed by atoms with Gasteiger partial charge in [-0.15, -0.1) is 0 Å². The SMILES string of the molecule is CCCCc1nc(C)n(-c2ccc(O)cc2)c(=O)c1Cc1ccc(-c2ccccc2)c(C#N)c1. The zero-order valence-corrected chi connectivity index (χ0v) is 19.5. The van der Waals surface area contributed by atoms with Gasteiger partial charge in [0.25, 0.3) is 5.56 Å². The first-order valence-corrected chi connectivity index (χ1v) is 11.5. The average molecular weight is 450 g/mol. The molecule has 5 nitrogen and oxygen atoms in total. The highest BCUT2D eigenvalue weighted by Gasteiger charge is 2.17. The molecule has 3 aromatic carbocycles. The van der Waals surface area contributed by atoms with Crippen molar-refractivity contribution >= 4 is 0 Å². The summed E-state index contributed by atoms with van der Waals surface area (Å²) in [7, 11) is 0. The van der Waals surface area contributed by atoms with Crippen molar-refractivity contribution in [3.8, 4) is 28.6 Å². The standard InChI is InChI=1S/C29H27N3O2/c1-3-4-10-28-27(29(34)32(20(2)31-28)24-12-14-25(33)15-13-24)18-21-11-16-26(23(17-21)19-30)22-8-6-5-7-9-22/h5-9,11-17,33H,3-4,10,18H2,1-2H3. The third-order valence-corrected chi connectivity index (χ3v) is 5.98. The summed E-state index contributed by atoms with van der Waals surface area (Å²) in [6.45, 7) is 3.95. The van der Waals surface area contributed by atoms with Crippen molar-refractivity contribution in [2.45, 2.75) is 39.5 Å². The van der Waals surface area contributed by atoms with Crippen LogP contribution in [-0.4, -0.2) is 14.7 Å². The first-order chi connectivity index (χ1) is 16.5. The summed E-state index contributed by atoms with van der Waals surface area (Å²) in [5.74, 6) is 0.757. The smallest absolute Gasteiger partial charge is 0.261 e. The van der Waals surface area contributed by atoms with Crippen molar-refractivity contribution in [2.75, 3.05) is 0 Å². The number of rotatable bonds is 7. The Morgan fingerprint density at radius 3 is 2.44 bits per heavy atom. The largest absolute Gasteiger partial charge is 0.508 e. The Bertz CT molecular complexity index is 1400. The molecule has 0 saturated heterocycles. The van der Waals surface area contributed by atoms with Crippen molar-refractivity contribution in [1.29, 1.82) is 5.26 Å². The molecule has 0 fully saturated rings. The number of phenols is 1. The third-order valence-electron chi connectivity index (χ3n) is 5.98. The van der Waals surface area contributed by atoms with Crippen molar-refractivity contribution in [1.82, 2.24) is 9.55 Å². The molecule has 1 N–H and O–H groups in total. The summed E-state index contributed by atoms with van der Waals surface area (Å²) in [6, 6.07) is 24.5. The molecule has 170 valence electrons. The van der Waals surface area contributed by atoms with Gasteiger partial charge >= 0.3 is 0 Å². The molecule has 0 aliphatic rings. The fraction of sp³-hybridized carbons (Fsp3) is 0.207. The number of phenolic OH excluding ortho intramolecular Hbond substituents is 1. The minimum absolute atomic E-state index is 0.116. The molecule has 34 heavy (non-hydrogen) atoms. The van der Waals surface area contributed by atoms with E-state index in [0.717, 1.165) is 41.6 Å². The molecule has 0 saturated carbocycles. The molecule has 0 radical (unpaired) electrons. The van der Waals surface area contributed by atoms with E-state index in [1.54, 1.807) is 28.8 Å². The molecule has 1 heterocycles. The van der Waals surface area contributed by atoms with Crippen molar-refractivity contribution in [3.63, 3.8) is 0 Å². The second kappa shape index (κ2) is 10.2. The lowest BCUT2D eigenvalue weighted by Crippen LogP contribution is -2.28. The highest BCUT2D eigenvalue weighted by molar-refractivity contribution is 5.71. The van der Waals surface area contributed by atoms with E-state index in [1.807, 2.05) is 55.5 Å². The topological polar surface area (TPSA) is 78.9 Å². The Labute approximate surface area is 199 Å². The first-order valence-electron chi connectivity index (χ1n) is 11.5. The van der Waals surface area contributed by atoms with E-state index in [4.69, 9.17) is 4.98 Å². The Balaban J connectivity index is 1.80. The van der Waals surface area contributed by atoms with E-state index in [2.05, 4.69) is 13.0 Å². The Hall–Kier alpha value is -4.17. The second-order valence-corrected chi connectivity index (χ2v) is 8.38. The summed E-state index contributed by atoms with van der Waals surface area (Å²) in [5.41, 5.74) is 5.34. The van der Waals surface area contributed by atoms with E-state index in [0.29, 0.717) is 29.1 Å². The fourth-order valence-corrected chi connectivity index (χ4v) is 4.22. The number of aromatic nitrogens is 2. The van der Waals surface area contributed by atoms with E-state index >= 15 is 0 Å². The minimum atomic E-state index is -0.116. The average Bonchev–Trinajstić information content (AvgIpc) is 2.86. The van der Waals surface area contributed by atoms with Crippen LogP contribution in [0.3, 0.4) is 0 Å². The summed E-state index contributed by atoms with van der Waals surface area (Å²) in [5, 5.41) is 19.5.